The minimum atomic E-state index is -0.826. The van der Waals surface area contributed by atoms with E-state index in [2.05, 4.69) is 87.6 Å². The summed E-state index contributed by atoms with van der Waals surface area (Å²) in [6, 6.07) is 0. The van der Waals surface area contributed by atoms with Gasteiger partial charge in [0.2, 0.25) is 0 Å². The Labute approximate surface area is 382 Å². The number of carbonyl (C=O) groups excluding carboxylic acids is 3. The van der Waals surface area contributed by atoms with Crippen LogP contribution in [0.4, 0.5) is 0 Å². The van der Waals surface area contributed by atoms with E-state index in [-0.39, 0.29) is 44.0 Å². The highest BCUT2D eigenvalue weighted by atomic mass is 16.6. The summed E-state index contributed by atoms with van der Waals surface area (Å²) in [6.07, 6.45) is 64.5. The molecular weight excluding hydrogens is 769 g/mol. The number of carbonyl (C=O) groups is 3. The number of allylic oxidation sites excluding steroid dienone is 14. The van der Waals surface area contributed by atoms with E-state index in [0.717, 1.165) is 64.2 Å². The predicted molar refractivity (Wildman–Crippen MR) is 265 cm³/mol. The summed E-state index contributed by atoms with van der Waals surface area (Å²) in [5.74, 6) is -1.07. The summed E-state index contributed by atoms with van der Waals surface area (Å²) in [4.78, 5) is 37.9. The number of ether oxygens (including phenoxy) is 3. The van der Waals surface area contributed by atoms with E-state index in [1.165, 1.54) is 116 Å². The lowest BCUT2D eigenvalue weighted by molar-refractivity contribution is -0.166. The van der Waals surface area contributed by atoms with Crippen LogP contribution >= 0.6 is 0 Å². The molecule has 354 valence electrons. The van der Waals surface area contributed by atoms with Gasteiger partial charge in [0.1, 0.15) is 13.2 Å². The zero-order chi connectivity index (χ0) is 45.1. The van der Waals surface area contributed by atoms with Gasteiger partial charge in [0, 0.05) is 19.3 Å². The first-order chi connectivity index (χ1) is 30.5. The van der Waals surface area contributed by atoms with Crippen molar-refractivity contribution in [2.24, 2.45) is 0 Å². The van der Waals surface area contributed by atoms with Gasteiger partial charge in [-0.3, -0.25) is 14.4 Å². The fraction of sp³-hybridized carbons (Fsp3) is 0.696. The number of esters is 3. The van der Waals surface area contributed by atoms with E-state index in [1.807, 2.05) is 18.2 Å². The van der Waals surface area contributed by atoms with Gasteiger partial charge >= 0.3 is 17.9 Å². The van der Waals surface area contributed by atoms with Gasteiger partial charge in [0.25, 0.3) is 0 Å². The maximum absolute atomic E-state index is 12.8. The fourth-order valence-corrected chi connectivity index (χ4v) is 6.84. The molecule has 1 atom stereocenters. The zero-order valence-electron chi connectivity index (χ0n) is 40.4. The molecule has 6 nitrogen and oxygen atoms in total. The third-order valence-corrected chi connectivity index (χ3v) is 10.7. The van der Waals surface area contributed by atoms with Crippen molar-refractivity contribution in [3.05, 3.63) is 85.1 Å². The third-order valence-electron chi connectivity index (χ3n) is 10.7. The highest BCUT2D eigenvalue weighted by Crippen LogP contribution is 2.15. The summed E-state index contributed by atoms with van der Waals surface area (Å²) in [7, 11) is 0. The Morgan fingerprint density at radius 3 is 1.05 bits per heavy atom. The second kappa shape index (κ2) is 50.2. The van der Waals surface area contributed by atoms with Crippen LogP contribution in [0.2, 0.25) is 0 Å². The van der Waals surface area contributed by atoms with E-state index in [9.17, 15) is 14.4 Å². The number of hydrogen-bond donors (Lipinski definition) is 0. The molecule has 0 aromatic rings. The largest absolute Gasteiger partial charge is 0.462 e. The normalized spacial score (nSPS) is 12.8. The predicted octanol–water partition coefficient (Wildman–Crippen LogP) is 16.8. The van der Waals surface area contributed by atoms with E-state index in [0.29, 0.717) is 19.3 Å². The minimum absolute atomic E-state index is 0.129. The molecule has 0 saturated carbocycles. The molecule has 0 aliphatic heterocycles. The lowest BCUT2D eigenvalue weighted by Gasteiger charge is -2.18. The molecule has 0 aromatic carbocycles. The second-order valence-corrected chi connectivity index (χ2v) is 16.7. The molecule has 0 amide bonds. The quantitative estimate of drug-likeness (QED) is 0.0263. The van der Waals surface area contributed by atoms with Gasteiger partial charge in [-0.15, -0.1) is 0 Å². The summed E-state index contributed by atoms with van der Waals surface area (Å²) in [5.41, 5.74) is 0. The molecule has 1 unspecified atom stereocenters. The van der Waals surface area contributed by atoms with Crippen LogP contribution < -0.4 is 0 Å². The van der Waals surface area contributed by atoms with Crippen LogP contribution in [0.25, 0.3) is 0 Å². The maximum Gasteiger partial charge on any atom is 0.306 e. The average Bonchev–Trinajstić information content (AvgIpc) is 3.27. The van der Waals surface area contributed by atoms with Gasteiger partial charge in [-0.2, -0.15) is 0 Å². The van der Waals surface area contributed by atoms with Crippen LogP contribution in [0.5, 0.6) is 0 Å². The molecule has 0 bridgehead atoms. The van der Waals surface area contributed by atoms with E-state index >= 15 is 0 Å². The minimum Gasteiger partial charge on any atom is -0.462 e. The highest BCUT2D eigenvalue weighted by Gasteiger charge is 2.19. The molecular formula is C56H94O6. The summed E-state index contributed by atoms with van der Waals surface area (Å²) >= 11 is 0. The highest BCUT2D eigenvalue weighted by molar-refractivity contribution is 5.71. The Kier molecular flexibility index (Phi) is 47.5. The maximum atomic E-state index is 12.8. The van der Waals surface area contributed by atoms with E-state index in [4.69, 9.17) is 14.2 Å². The van der Waals surface area contributed by atoms with Crippen molar-refractivity contribution in [1.82, 2.24) is 0 Å². The first-order valence-corrected chi connectivity index (χ1v) is 25.6. The summed E-state index contributed by atoms with van der Waals surface area (Å²) < 4.78 is 16.7. The molecule has 0 saturated heterocycles. The lowest BCUT2D eigenvalue weighted by atomic mass is 10.0. The van der Waals surface area contributed by atoms with Crippen molar-refractivity contribution >= 4 is 17.9 Å². The standard InChI is InChI=1S/C56H94O6/c1-4-7-10-13-16-19-22-25-27-29-31-34-37-40-43-46-49-55(58)61-52-53(51-60-54(57)48-45-42-39-36-33-30-24-21-18-15-12-9-6-3)62-56(59)50-47-44-41-38-35-32-28-26-23-20-17-14-11-8-5-2/h7,10,16,19,25,27,30-31,33-34,39-40,42-43,53H,4-6,8-9,11-15,17-18,20-24,26,28-29,32,35-38,41,44-52H2,1-3H3/b10-7-,19-16-,27-25-,33-30-,34-31-,42-39-,43-40-. The van der Waals surface area contributed by atoms with Crippen LogP contribution in [0.3, 0.4) is 0 Å². The molecule has 0 radical (unpaired) electrons. The number of hydrogen-bond acceptors (Lipinski definition) is 6. The average molecular weight is 863 g/mol. The molecule has 0 fully saturated rings. The van der Waals surface area contributed by atoms with Gasteiger partial charge < -0.3 is 14.2 Å². The summed E-state index contributed by atoms with van der Waals surface area (Å²) in [5, 5.41) is 0. The van der Waals surface area contributed by atoms with Crippen LogP contribution in [0.15, 0.2) is 85.1 Å². The van der Waals surface area contributed by atoms with Crippen molar-refractivity contribution in [1.29, 1.82) is 0 Å². The Bertz CT molecular complexity index is 1220. The Morgan fingerprint density at radius 2 is 0.661 bits per heavy atom. The molecule has 62 heavy (non-hydrogen) atoms. The summed E-state index contributed by atoms with van der Waals surface area (Å²) in [6.45, 7) is 6.40. The third kappa shape index (κ3) is 47.6. The fourth-order valence-electron chi connectivity index (χ4n) is 6.84. The Balaban J connectivity index is 4.54. The number of unbranched alkanes of at least 4 members (excludes halogenated alkanes) is 20. The van der Waals surface area contributed by atoms with Gasteiger partial charge in [0.15, 0.2) is 6.10 Å². The first-order valence-electron chi connectivity index (χ1n) is 25.6. The topological polar surface area (TPSA) is 78.9 Å². The monoisotopic (exact) mass is 863 g/mol. The van der Waals surface area contributed by atoms with Crippen molar-refractivity contribution in [3.63, 3.8) is 0 Å². The Morgan fingerprint density at radius 1 is 0.339 bits per heavy atom. The van der Waals surface area contributed by atoms with E-state index < -0.39 is 6.10 Å². The molecule has 0 N–H and O–H groups in total. The van der Waals surface area contributed by atoms with Gasteiger partial charge in [-0.05, 0) is 70.6 Å². The van der Waals surface area contributed by atoms with Crippen LogP contribution in [0, 0.1) is 0 Å². The van der Waals surface area contributed by atoms with Gasteiger partial charge in [0.05, 0.1) is 0 Å². The van der Waals surface area contributed by atoms with Gasteiger partial charge in [-0.25, -0.2) is 0 Å². The lowest BCUT2D eigenvalue weighted by Crippen LogP contribution is -2.30. The van der Waals surface area contributed by atoms with Gasteiger partial charge in [-0.1, -0.05) is 228 Å². The molecule has 6 heteroatoms. The second-order valence-electron chi connectivity index (χ2n) is 16.7. The number of rotatable bonds is 45. The molecule has 0 rings (SSSR count). The van der Waals surface area contributed by atoms with Crippen LogP contribution in [-0.2, 0) is 28.6 Å². The van der Waals surface area contributed by atoms with E-state index in [1.54, 1.807) is 0 Å². The first kappa shape index (κ1) is 58.6. The SMILES string of the molecule is CC/C=C\C/C=C\C/C=C\C/C=C\C/C=C\CCC(=O)OCC(COC(=O)CC/C=C\C/C=C\CCCCCCCC)OC(=O)CCCCCCCCCCCCCCCCC. The van der Waals surface area contributed by atoms with Crippen molar-refractivity contribution in [3.8, 4) is 0 Å². The van der Waals surface area contributed by atoms with Crippen molar-refractivity contribution < 1.29 is 28.6 Å². The smallest absolute Gasteiger partial charge is 0.306 e. The molecule has 0 spiro atoms. The molecule has 0 heterocycles. The van der Waals surface area contributed by atoms with Crippen molar-refractivity contribution in [2.45, 2.75) is 239 Å². The zero-order valence-corrected chi connectivity index (χ0v) is 40.4. The Hall–Kier alpha value is -3.41. The molecule has 0 aliphatic rings. The molecule has 0 aliphatic carbocycles. The van der Waals surface area contributed by atoms with Crippen LogP contribution in [0.1, 0.15) is 233 Å². The molecule has 0 aromatic heterocycles. The van der Waals surface area contributed by atoms with Crippen molar-refractivity contribution in [2.75, 3.05) is 13.2 Å². The van der Waals surface area contributed by atoms with Crippen LogP contribution in [-0.4, -0.2) is 37.2 Å².